The van der Waals surface area contributed by atoms with Gasteiger partial charge in [-0.3, -0.25) is 0 Å². The van der Waals surface area contributed by atoms with Gasteiger partial charge >= 0.3 is 0 Å². The fourth-order valence-electron chi connectivity index (χ4n) is 0.845. The van der Waals surface area contributed by atoms with Crippen LogP contribution in [0.3, 0.4) is 0 Å². The van der Waals surface area contributed by atoms with Crippen LogP contribution < -0.4 is 0 Å². The number of halogens is 2. The van der Waals surface area contributed by atoms with E-state index in [0.29, 0.717) is 11.4 Å². The molecule has 0 aliphatic heterocycles. The van der Waals surface area contributed by atoms with E-state index in [-0.39, 0.29) is 0 Å². The van der Waals surface area contributed by atoms with Crippen molar-refractivity contribution in [1.29, 1.82) is 0 Å². The largest absolute Gasteiger partial charge is 0.377 e. The van der Waals surface area contributed by atoms with Crippen LogP contribution in [0.15, 0.2) is 24.3 Å². The lowest BCUT2D eigenvalue weighted by molar-refractivity contribution is 0.257. The second-order valence-electron chi connectivity index (χ2n) is 2.23. The molecule has 0 saturated carbocycles. The SMILES string of the molecule is OC(Cl)Cc1ccccc1Cl. The molecule has 3 heteroatoms. The van der Waals surface area contributed by atoms with Crippen LogP contribution in [0.1, 0.15) is 5.56 Å². The lowest BCUT2D eigenvalue weighted by Gasteiger charge is -2.03. The maximum Gasteiger partial charge on any atom is 0.132 e. The first kappa shape index (κ1) is 8.85. The number of hydrogen-bond donors (Lipinski definition) is 1. The molecule has 0 radical (unpaired) electrons. The first-order valence-corrected chi connectivity index (χ1v) is 4.07. The third-order valence-corrected chi connectivity index (χ3v) is 1.87. The average molecular weight is 191 g/mol. The molecule has 1 unspecified atom stereocenters. The van der Waals surface area contributed by atoms with Gasteiger partial charge in [0.1, 0.15) is 5.56 Å². The van der Waals surface area contributed by atoms with Crippen LogP contribution in [0.5, 0.6) is 0 Å². The smallest absolute Gasteiger partial charge is 0.132 e. The quantitative estimate of drug-likeness (QED) is 0.711. The number of alkyl halides is 1. The lowest BCUT2D eigenvalue weighted by atomic mass is 10.2. The molecule has 0 aromatic heterocycles. The number of rotatable bonds is 2. The van der Waals surface area contributed by atoms with E-state index in [1.807, 2.05) is 18.2 Å². The zero-order valence-electron chi connectivity index (χ0n) is 5.80. The van der Waals surface area contributed by atoms with Gasteiger partial charge in [-0.25, -0.2) is 0 Å². The summed E-state index contributed by atoms with van der Waals surface area (Å²) in [4.78, 5) is 0. The maximum atomic E-state index is 8.84. The predicted molar refractivity (Wildman–Crippen MR) is 47.0 cm³/mol. The van der Waals surface area contributed by atoms with E-state index >= 15 is 0 Å². The van der Waals surface area contributed by atoms with Crippen molar-refractivity contribution in [3.63, 3.8) is 0 Å². The van der Waals surface area contributed by atoms with Gasteiger partial charge in [0.2, 0.25) is 0 Å². The van der Waals surface area contributed by atoms with Crippen molar-refractivity contribution in [1.82, 2.24) is 0 Å². The van der Waals surface area contributed by atoms with Crippen molar-refractivity contribution in [2.75, 3.05) is 0 Å². The first-order chi connectivity index (χ1) is 5.20. The monoisotopic (exact) mass is 190 g/mol. The Morgan fingerprint density at radius 2 is 2.00 bits per heavy atom. The molecule has 0 spiro atoms. The summed E-state index contributed by atoms with van der Waals surface area (Å²) in [6.07, 6.45) is 0.390. The molecular weight excluding hydrogens is 183 g/mol. The van der Waals surface area contributed by atoms with E-state index in [4.69, 9.17) is 28.3 Å². The first-order valence-electron chi connectivity index (χ1n) is 3.25. The number of hydrogen-bond acceptors (Lipinski definition) is 1. The number of benzene rings is 1. The van der Waals surface area contributed by atoms with E-state index in [0.717, 1.165) is 5.56 Å². The Kier molecular flexibility index (Phi) is 3.18. The van der Waals surface area contributed by atoms with E-state index in [1.165, 1.54) is 0 Å². The van der Waals surface area contributed by atoms with Gasteiger partial charge in [-0.1, -0.05) is 41.4 Å². The standard InChI is InChI=1S/C8H8Cl2O/c9-7-4-2-1-3-6(7)5-8(10)11/h1-4,8,11H,5H2. The number of aliphatic hydroxyl groups excluding tert-OH is 1. The molecule has 0 aliphatic rings. The third-order valence-electron chi connectivity index (χ3n) is 1.35. The lowest BCUT2D eigenvalue weighted by Crippen LogP contribution is -2.00. The Morgan fingerprint density at radius 1 is 1.36 bits per heavy atom. The Bertz CT molecular complexity index is 235. The topological polar surface area (TPSA) is 20.2 Å². The van der Waals surface area contributed by atoms with E-state index in [2.05, 4.69) is 0 Å². The van der Waals surface area contributed by atoms with Gasteiger partial charge in [-0.2, -0.15) is 0 Å². The highest BCUT2D eigenvalue weighted by Gasteiger charge is 2.03. The molecule has 0 amide bonds. The maximum absolute atomic E-state index is 8.84. The van der Waals surface area contributed by atoms with Crippen LogP contribution >= 0.6 is 23.2 Å². The highest BCUT2D eigenvalue weighted by molar-refractivity contribution is 6.31. The molecular formula is C8H8Cl2O. The Balaban J connectivity index is 2.78. The summed E-state index contributed by atoms with van der Waals surface area (Å²) in [5.74, 6) is 0. The molecule has 60 valence electrons. The van der Waals surface area contributed by atoms with Crippen LogP contribution in [0, 0.1) is 0 Å². The van der Waals surface area contributed by atoms with Gasteiger partial charge in [0.15, 0.2) is 0 Å². The zero-order valence-corrected chi connectivity index (χ0v) is 7.31. The van der Waals surface area contributed by atoms with Crippen LogP contribution in [-0.2, 0) is 6.42 Å². The Morgan fingerprint density at radius 3 is 2.55 bits per heavy atom. The molecule has 0 heterocycles. The Hall–Kier alpha value is -0.240. The minimum atomic E-state index is -0.852. The summed E-state index contributed by atoms with van der Waals surface area (Å²) in [5, 5.41) is 9.48. The summed E-state index contributed by atoms with van der Waals surface area (Å²) in [7, 11) is 0. The average Bonchev–Trinajstić information content (AvgIpc) is 1.93. The van der Waals surface area contributed by atoms with Crippen LogP contribution in [-0.4, -0.2) is 10.7 Å². The van der Waals surface area contributed by atoms with Crippen molar-refractivity contribution in [3.05, 3.63) is 34.9 Å². The van der Waals surface area contributed by atoms with Crippen LogP contribution in [0.25, 0.3) is 0 Å². The van der Waals surface area contributed by atoms with Gasteiger partial charge < -0.3 is 5.11 Å². The van der Waals surface area contributed by atoms with Crippen molar-refractivity contribution < 1.29 is 5.11 Å². The third kappa shape index (κ3) is 2.70. The molecule has 1 rings (SSSR count). The minimum Gasteiger partial charge on any atom is -0.377 e. The molecule has 1 atom stereocenters. The summed E-state index contributed by atoms with van der Waals surface area (Å²) in [6, 6.07) is 7.32. The molecule has 0 bridgehead atoms. The van der Waals surface area contributed by atoms with Crippen LogP contribution in [0.4, 0.5) is 0 Å². The molecule has 1 aromatic rings. The molecule has 0 saturated heterocycles. The molecule has 1 N–H and O–H groups in total. The molecule has 1 nitrogen and oxygen atoms in total. The van der Waals surface area contributed by atoms with Gasteiger partial charge in [0, 0.05) is 11.4 Å². The fourth-order valence-corrected chi connectivity index (χ4v) is 1.22. The normalized spacial score (nSPS) is 13.0. The second kappa shape index (κ2) is 3.96. The van der Waals surface area contributed by atoms with Gasteiger partial charge in [0.05, 0.1) is 0 Å². The van der Waals surface area contributed by atoms with Crippen molar-refractivity contribution in [2.24, 2.45) is 0 Å². The minimum absolute atomic E-state index is 0.390. The van der Waals surface area contributed by atoms with E-state index < -0.39 is 5.56 Å². The highest BCUT2D eigenvalue weighted by Crippen LogP contribution is 2.17. The van der Waals surface area contributed by atoms with Gasteiger partial charge in [-0.15, -0.1) is 0 Å². The van der Waals surface area contributed by atoms with Crippen molar-refractivity contribution in [2.45, 2.75) is 12.0 Å². The summed E-state index contributed by atoms with van der Waals surface area (Å²) >= 11 is 11.2. The van der Waals surface area contributed by atoms with Crippen LogP contribution in [0.2, 0.25) is 5.02 Å². The fraction of sp³-hybridized carbons (Fsp3) is 0.250. The second-order valence-corrected chi connectivity index (χ2v) is 3.14. The molecule has 1 aromatic carbocycles. The summed E-state index contributed by atoms with van der Waals surface area (Å²) < 4.78 is 0. The van der Waals surface area contributed by atoms with E-state index in [1.54, 1.807) is 6.07 Å². The predicted octanol–water partition coefficient (Wildman–Crippen LogP) is 2.44. The van der Waals surface area contributed by atoms with Crippen molar-refractivity contribution in [3.8, 4) is 0 Å². The Labute approximate surface area is 75.6 Å². The summed E-state index contributed by atoms with van der Waals surface area (Å²) in [6.45, 7) is 0. The molecule has 11 heavy (non-hydrogen) atoms. The van der Waals surface area contributed by atoms with Crippen molar-refractivity contribution >= 4 is 23.2 Å². The van der Waals surface area contributed by atoms with E-state index in [9.17, 15) is 0 Å². The zero-order chi connectivity index (χ0) is 8.27. The molecule has 0 aliphatic carbocycles. The molecule has 0 fully saturated rings. The highest BCUT2D eigenvalue weighted by atomic mass is 35.5. The number of aliphatic hydroxyl groups is 1. The van der Waals surface area contributed by atoms with Gasteiger partial charge in [0.25, 0.3) is 0 Å². The summed E-state index contributed by atoms with van der Waals surface area (Å²) in [5.41, 5.74) is 0.0200. The van der Waals surface area contributed by atoms with Gasteiger partial charge in [-0.05, 0) is 11.6 Å².